The lowest BCUT2D eigenvalue weighted by atomic mass is 10.0. The SMILES string of the molecule is COc1ccc(N(CC(=O)N(Cc2ccc(C)cc2)[C@@H](Cc2ccccc2)C(=O)NC(C)C)S(C)(=O)=O)cc1Cl. The summed E-state index contributed by atoms with van der Waals surface area (Å²) in [7, 11) is -2.44. The van der Waals surface area contributed by atoms with Crippen LogP contribution in [0.2, 0.25) is 5.02 Å². The van der Waals surface area contributed by atoms with Crippen molar-refractivity contribution in [1.29, 1.82) is 0 Å². The number of hydrogen-bond acceptors (Lipinski definition) is 5. The number of carbonyl (C=O) groups excluding carboxylic acids is 2. The van der Waals surface area contributed by atoms with Crippen molar-refractivity contribution in [2.24, 2.45) is 0 Å². The molecule has 0 heterocycles. The van der Waals surface area contributed by atoms with Gasteiger partial charge in [0.15, 0.2) is 0 Å². The van der Waals surface area contributed by atoms with E-state index in [0.29, 0.717) is 5.75 Å². The smallest absolute Gasteiger partial charge is 0.244 e. The number of aryl methyl sites for hydroxylation is 1. The lowest BCUT2D eigenvalue weighted by molar-refractivity contribution is -0.140. The maximum atomic E-state index is 14.1. The Morgan fingerprint density at radius 2 is 1.62 bits per heavy atom. The molecule has 0 aliphatic carbocycles. The minimum Gasteiger partial charge on any atom is -0.495 e. The summed E-state index contributed by atoms with van der Waals surface area (Å²) in [6.45, 7) is 5.26. The summed E-state index contributed by atoms with van der Waals surface area (Å²) < 4.78 is 32.0. The molecule has 0 unspecified atom stereocenters. The molecule has 0 saturated heterocycles. The van der Waals surface area contributed by atoms with Crippen LogP contribution in [0.1, 0.15) is 30.5 Å². The number of anilines is 1. The maximum absolute atomic E-state index is 14.1. The van der Waals surface area contributed by atoms with E-state index in [1.165, 1.54) is 24.1 Å². The van der Waals surface area contributed by atoms with Crippen molar-refractivity contribution >= 4 is 39.1 Å². The normalized spacial score (nSPS) is 12.1. The third-order valence-electron chi connectivity index (χ3n) is 6.28. The standard InChI is InChI=1S/C30H36ClN3O5S/c1-21(2)32-30(36)27(17-23-9-7-6-8-10-23)33(19-24-13-11-22(3)12-14-24)29(35)20-34(40(5,37)38)25-15-16-28(39-4)26(31)18-25/h6-16,18,21,27H,17,19-20H2,1-5H3,(H,32,36)/t27-/m0/s1. The zero-order chi connectivity index (χ0) is 29.4. The molecule has 3 aromatic rings. The molecule has 2 amide bonds. The second-order valence-electron chi connectivity index (χ2n) is 9.96. The van der Waals surface area contributed by atoms with Crippen LogP contribution in [0.5, 0.6) is 5.75 Å². The molecule has 1 N–H and O–H groups in total. The third kappa shape index (κ3) is 8.47. The van der Waals surface area contributed by atoms with Crippen molar-refractivity contribution in [2.45, 2.75) is 45.8 Å². The van der Waals surface area contributed by atoms with Crippen LogP contribution in [-0.2, 0) is 32.6 Å². The Morgan fingerprint density at radius 3 is 2.17 bits per heavy atom. The highest BCUT2D eigenvalue weighted by Gasteiger charge is 2.33. The van der Waals surface area contributed by atoms with Crippen molar-refractivity contribution in [3.63, 3.8) is 0 Å². The van der Waals surface area contributed by atoms with Crippen molar-refractivity contribution in [3.8, 4) is 5.75 Å². The first kappa shape index (κ1) is 31.0. The first-order valence-electron chi connectivity index (χ1n) is 12.9. The Hall–Kier alpha value is -3.56. The molecule has 10 heteroatoms. The van der Waals surface area contributed by atoms with E-state index in [1.54, 1.807) is 6.07 Å². The first-order valence-corrected chi connectivity index (χ1v) is 15.1. The molecule has 1 atom stereocenters. The zero-order valence-corrected chi connectivity index (χ0v) is 25.0. The van der Waals surface area contributed by atoms with E-state index in [0.717, 1.165) is 27.3 Å². The van der Waals surface area contributed by atoms with Gasteiger partial charge in [0, 0.05) is 19.0 Å². The molecule has 214 valence electrons. The van der Waals surface area contributed by atoms with Gasteiger partial charge in [-0.2, -0.15) is 0 Å². The number of hydrogen-bond donors (Lipinski definition) is 1. The summed E-state index contributed by atoms with van der Waals surface area (Å²) >= 11 is 6.28. The monoisotopic (exact) mass is 585 g/mol. The predicted octanol–water partition coefficient (Wildman–Crippen LogP) is 4.59. The van der Waals surface area contributed by atoms with Gasteiger partial charge >= 0.3 is 0 Å². The largest absolute Gasteiger partial charge is 0.495 e. The average Bonchev–Trinajstić information content (AvgIpc) is 2.89. The van der Waals surface area contributed by atoms with E-state index in [9.17, 15) is 18.0 Å². The fraction of sp³-hybridized carbons (Fsp3) is 0.333. The van der Waals surface area contributed by atoms with Crippen molar-refractivity contribution < 1.29 is 22.7 Å². The van der Waals surface area contributed by atoms with Crippen LogP contribution in [0.15, 0.2) is 72.8 Å². The molecule has 0 spiro atoms. The molecule has 3 aromatic carbocycles. The lowest BCUT2D eigenvalue weighted by Crippen LogP contribution is -2.54. The molecule has 0 saturated carbocycles. The lowest BCUT2D eigenvalue weighted by Gasteiger charge is -2.34. The number of ether oxygens (including phenoxy) is 1. The topological polar surface area (TPSA) is 96.0 Å². The van der Waals surface area contributed by atoms with E-state index < -0.39 is 28.5 Å². The Morgan fingerprint density at radius 1 is 0.975 bits per heavy atom. The van der Waals surface area contributed by atoms with Crippen LogP contribution in [0, 0.1) is 6.92 Å². The second-order valence-corrected chi connectivity index (χ2v) is 12.3. The second kappa shape index (κ2) is 13.7. The molecule has 0 aliphatic heterocycles. The van der Waals surface area contributed by atoms with Crippen LogP contribution in [0.4, 0.5) is 5.69 Å². The number of nitrogens with zero attached hydrogens (tertiary/aromatic N) is 2. The predicted molar refractivity (Wildman–Crippen MR) is 159 cm³/mol. The Labute approximate surface area is 241 Å². The van der Waals surface area contributed by atoms with Gasteiger partial charge < -0.3 is 15.0 Å². The summed E-state index contributed by atoms with van der Waals surface area (Å²) in [5.41, 5.74) is 2.95. The molecular weight excluding hydrogens is 550 g/mol. The van der Waals surface area contributed by atoms with Crippen LogP contribution >= 0.6 is 11.6 Å². The molecule has 0 aromatic heterocycles. The highest BCUT2D eigenvalue weighted by Crippen LogP contribution is 2.30. The molecule has 0 radical (unpaired) electrons. The van der Waals surface area contributed by atoms with Gasteiger partial charge in [0.2, 0.25) is 21.8 Å². The quantitative estimate of drug-likeness (QED) is 0.335. The maximum Gasteiger partial charge on any atom is 0.244 e. The number of nitrogens with one attached hydrogen (secondary N) is 1. The van der Waals surface area contributed by atoms with Gasteiger partial charge in [0.25, 0.3) is 0 Å². The minimum atomic E-state index is -3.90. The molecule has 3 rings (SSSR count). The number of amides is 2. The van der Waals surface area contributed by atoms with Crippen LogP contribution in [-0.4, -0.2) is 57.1 Å². The molecule has 8 nitrogen and oxygen atoms in total. The van der Waals surface area contributed by atoms with Crippen LogP contribution in [0.25, 0.3) is 0 Å². The third-order valence-corrected chi connectivity index (χ3v) is 7.71. The summed E-state index contributed by atoms with van der Waals surface area (Å²) in [5.74, 6) is -0.477. The van der Waals surface area contributed by atoms with Gasteiger partial charge in [-0.1, -0.05) is 71.8 Å². The first-order chi connectivity index (χ1) is 18.9. The average molecular weight is 586 g/mol. The highest BCUT2D eigenvalue weighted by molar-refractivity contribution is 7.92. The van der Waals surface area contributed by atoms with Crippen molar-refractivity contribution in [3.05, 3.63) is 94.5 Å². The Kier molecular flexibility index (Phi) is 10.6. The van der Waals surface area contributed by atoms with Crippen molar-refractivity contribution in [2.75, 3.05) is 24.2 Å². The Balaban J connectivity index is 2.06. The van der Waals surface area contributed by atoms with Gasteiger partial charge in [-0.15, -0.1) is 0 Å². The fourth-order valence-electron chi connectivity index (χ4n) is 4.25. The van der Waals surface area contributed by atoms with Crippen LogP contribution < -0.4 is 14.4 Å². The van der Waals surface area contributed by atoms with Gasteiger partial charge in [0.1, 0.15) is 18.3 Å². The van der Waals surface area contributed by atoms with E-state index in [1.807, 2.05) is 75.4 Å². The number of halogens is 1. The zero-order valence-electron chi connectivity index (χ0n) is 23.4. The van der Waals surface area contributed by atoms with Gasteiger partial charge in [-0.05, 0) is 50.1 Å². The van der Waals surface area contributed by atoms with Gasteiger partial charge in [0.05, 0.1) is 24.1 Å². The summed E-state index contributed by atoms with van der Waals surface area (Å²) in [6, 6.07) is 20.5. The summed E-state index contributed by atoms with van der Waals surface area (Å²) in [5, 5.41) is 3.14. The molecule has 0 bridgehead atoms. The highest BCUT2D eigenvalue weighted by atomic mass is 35.5. The number of sulfonamides is 1. The number of rotatable bonds is 12. The van der Waals surface area contributed by atoms with E-state index in [2.05, 4.69) is 5.32 Å². The minimum absolute atomic E-state index is 0.114. The van der Waals surface area contributed by atoms with E-state index >= 15 is 0 Å². The van der Waals surface area contributed by atoms with Gasteiger partial charge in [-0.25, -0.2) is 8.42 Å². The Bertz CT molecular complexity index is 1410. The molecule has 0 fully saturated rings. The molecule has 40 heavy (non-hydrogen) atoms. The van der Waals surface area contributed by atoms with Crippen molar-refractivity contribution in [1.82, 2.24) is 10.2 Å². The molecular formula is C30H36ClN3O5S. The van der Waals surface area contributed by atoms with E-state index in [-0.39, 0.29) is 35.6 Å². The number of methoxy groups -OCH3 is 1. The van der Waals surface area contributed by atoms with Gasteiger partial charge in [-0.3, -0.25) is 13.9 Å². The number of benzene rings is 3. The summed E-state index contributed by atoms with van der Waals surface area (Å²) in [6.07, 6.45) is 1.28. The number of carbonyl (C=O) groups is 2. The molecule has 0 aliphatic rings. The summed E-state index contributed by atoms with van der Waals surface area (Å²) in [4.78, 5) is 29.1. The van der Waals surface area contributed by atoms with E-state index in [4.69, 9.17) is 16.3 Å². The fourth-order valence-corrected chi connectivity index (χ4v) is 5.34. The van der Waals surface area contributed by atoms with Crippen LogP contribution in [0.3, 0.4) is 0 Å².